The molecule has 1 amide bonds. The molecule has 0 heterocycles. The van der Waals surface area contributed by atoms with Gasteiger partial charge in [-0.1, -0.05) is 18.5 Å². The van der Waals surface area contributed by atoms with Gasteiger partial charge in [-0.25, -0.2) is 8.78 Å². The normalized spacial score (nSPS) is 16.1. The van der Waals surface area contributed by atoms with Crippen molar-refractivity contribution in [2.24, 2.45) is 0 Å². The molecule has 1 aliphatic carbocycles. The first kappa shape index (κ1) is 16.9. The number of fused-ring (bicyclic) bond motifs is 1. The van der Waals surface area contributed by atoms with Crippen LogP contribution in [0.2, 0.25) is 5.02 Å². The molecule has 2 aromatic carbocycles. The third kappa shape index (κ3) is 3.14. The molecule has 2 N–H and O–H groups in total. The Morgan fingerprint density at radius 3 is 2.71 bits per heavy atom. The molecule has 0 spiro atoms. The predicted molar refractivity (Wildman–Crippen MR) is 90.5 cm³/mol. The predicted octanol–water partition coefficient (Wildman–Crippen LogP) is 4.47. The molecule has 1 aliphatic rings. The van der Waals surface area contributed by atoms with Crippen molar-refractivity contribution in [1.82, 2.24) is 5.32 Å². The highest BCUT2D eigenvalue weighted by Crippen LogP contribution is 2.35. The third-order valence-electron chi connectivity index (χ3n) is 4.21. The Morgan fingerprint density at radius 2 is 2.00 bits per heavy atom. The van der Waals surface area contributed by atoms with Crippen LogP contribution in [0, 0.1) is 11.6 Å². The summed E-state index contributed by atoms with van der Waals surface area (Å²) in [5.41, 5.74) is 2.13. The maximum Gasteiger partial charge on any atom is 0.255 e. The maximum atomic E-state index is 14.2. The van der Waals surface area contributed by atoms with E-state index < -0.39 is 5.82 Å². The van der Waals surface area contributed by atoms with Gasteiger partial charge >= 0.3 is 0 Å². The summed E-state index contributed by atoms with van der Waals surface area (Å²) in [5.74, 6) is -1.20. The van der Waals surface area contributed by atoms with Crippen LogP contribution in [-0.2, 0) is 6.42 Å². The maximum absolute atomic E-state index is 14.2. The van der Waals surface area contributed by atoms with Crippen LogP contribution in [0.4, 0.5) is 14.5 Å². The molecule has 3 rings (SSSR count). The van der Waals surface area contributed by atoms with Crippen molar-refractivity contribution in [1.29, 1.82) is 0 Å². The van der Waals surface area contributed by atoms with Crippen LogP contribution in [-0.4, -0.2) is 12.5 Å². The van der Waals surface area contributed by atoms with E-state index in [-0.39, 0.29) is 22.8 Å². The molecule has 0 unspecified atom stereocenters. The molecule has 0 aliphatic heterocycles. The van der Waals surface area contributed by atoms with Crippen molar-refractivity contribution < 1.29 is 13.6 Å². The number of carbonyl (C=O) groups excluding carboxylic acids is 1. The second kappa shape index (κ2) is 6.87. The minimum absolute atomic E-state index is 0.0654. The Bertz CT molecular complexity index is 795. The van der Waals surface area contributed by atoms with Gasteiger partial charge < -0.3 is 10.6 Å². The molecule has 126 valence electrons. The molecular formula is C18H17ClF2N2O. The van der Waals surface area contributed by atoms with Gasteiger partial charge in [-0.3, -0.25) is 4.79 Å². The molecule has 0 aromatic heterocycles. The van der Waals surface area contributed by atoms with E-state index in [1.807, 2.05) is 6.92 Å². The summed E-state index contributed by atoms with van der Waals surface area (Å²) in [7, 11) is 0. The van der Waals surface area contributed by atoms with Gasteiger partial charge in [-0.2, -0.15) is 0 Å². The minimum atomic E-state index is -0.550. The molecular weight excluding hydrogens is 334 g/mol. The van der Waals surface area contributed by atoms with Gasteiger partial charge in [-0.05, 0) is 55.3 Å². The number of anilines is 1. The molecule has 24 heavy (non-hydrogen) atoms. The molecule has 0 saturated heterocycles. The molecule has 3 nitrogen and oxygen atoms in total. The largest absolute Gasteiger partial charge is 0.322 e. The lowest BCUT2D eigenvalue weighted by molar-refractivity contribution is 0.102. The van der Waals surface area contributed by atoms with E-state index in [1.54, 1.807) is 0 Å². The van der Waals surface area contributed by atoms with Crippen LogP contribution in [0.5, 0.6) is 0 Å². The zero-order chi connectivity index (χ0) is 17.3. The number of amides is 1. The van der Waals surface area contributed by atoms with Crippen molar-refractivity contribution in [2.75, 3.05) is 11.9 Å². The first-order chi connectivity index (χ1) is 11.5. The molecule has 0 radical (unpaired) electrons. The number of halogens is 3. The number of carbonyl (C=O) groups is 1. The lowest BCUT2D eigenvalue weighted by Crippen LogP contribution is -2.20. The summed E-state index contributed by atoms with van der Waals surface area (Å²) >= 11 is 5.73. The summed E-state index contributed by atoms with van der Waals surface area (Å²) in [6.07, 6.45) is 1.39. The number of nitrogens with one attached hydrogen (secondary N) is 2. The number of hydrogen-bond acceptors (Lipinski definition) is 2. The van der Waals surface area contributed by atoms with Crippen LogP contribution < -0.4 is 10.6 Å². The molecule has 0 bridgehead atoms. The van der Waals surface area contributed by atoms with Crippen LogP contribution >= 0.6 is 11.6 Å². The smallest absolute Gasteiger partial charge is 0.255 e. The molecule has 0 fully saturated rings. The Balaban J connectivity index is 1.90. The van der Waals surface area contributed by atoms with Crippen molar-refractivity contribution in [2.45, 2.75) is 25.8 Å². The van der Waals surface area contributed by atoms with E-state index in [2.05, 4.69) is 10.6 Å². The first-order valence-electron chi connectivity index (χ1n) is 7.82. The van der Waals surface area contributed by atoms with Crippen molar-refractivity contribution >= 4 is 23.2 Å². The highest BCUT2D eigenvalue weighted by molar-refractivity contribution is 6.31. The fraction of sp³-hybridized carbons (Fsp3) is 0.278. The Morgan fingerprint density at radius 1 is 1.25 bits per heavy atom. The van der Waals surface area contributed by atoms with Crippen molar-refractivity contribution in [3.63, 3.8) is 0 Å². The minimum Gasteiger partial charge on any atom is -0.322 e. The van der Waals surface area contributed by atoms with Crippen LogP contribution in [0.1, 0.15) is 40.9 Å². The summed E-state index contributed by atoms with van der Waals surface area (Å²) < 4.78 is 27.4. The second-order valence-corrected chi connectivity index (χ2v) is 6.13. The number of rotatable bonds is 4. The molecule has 2 aromatic rings. The molecule has 1 atom stereocenters. The zero-order valence-corrected chi connectivity index (χ0v) is 13.9. The van der Waals surface area contributed by atoms with Crippen LogP contribution in [0.3, 0.4) is 0 Å². The van der Waals surface area contributed by atoms with Gasteiger partial charge in [0.05, 0.1) is 5.02 Å². The standard InChI is InChI=1S/C18H17ClF2N2O/c1-2-22-16-8-5-11-12(4-7-15(21)17(11)16)18(24)23-10-3-6-14(20)13(19)9-10/h3-4,6-7,9,16,22H,2,5,8H2,1H3,(H,23,24)/t16-/m0/s1. The van der Waals surface area contributed by atoms with Gasteiger partial charge in [0.25, 0.3) is 5.91 Å². The zero-order valence-electron chi connectivity index (χ0n) is 13.1. The topological polar surface area (TPSA) is 41.1 Å². The van der Waals surface area contributed by atoms with Crippen molar-refractivity contribution in [3.05, 3.63) is 63.7 Å². The van der Waals surface area contributed by atoms with E-state index >= 15 is 0 Å². The van der Waals surface area contributed by atoms with E-state index in [0.29, 0.717) is 23.2 Å². The Hall–Kier alpha value is -1.98. The van der Waals surface area contributed by atoms with Crippen LogP contribution in [0.25, 0.3) is 0 Å². The van der Waals surface area contributed by atoms with Gasteiger partial charge in [0.15, 0.2) is 0 Å². The Kier molecular flexibility index (Phi) is 4.83. The third-order valence-corrected chi connectivity index (χ3v) is 4.50. The lowest BCUT2D eigenvalue weighted by atomic mass is 10.0. The van der Waals surface area contributed by atoms with Gasteiger partial charge in [-0.15, -0.1) is 0 Å². The van der Waals surface area contributed by atoms with E-state index in [4.69, 9.17) is 11.6 Å². The van der Waals surface area contributed by atoms with Gasteiger partial charge in [0.2, 0.25) is 0 Å². The Labute approximate surface area is 144 Å². The first-order valence-corrected chi connectivity index (χ1v) is 8.20. The quantitative estimate of drug-likeness (QED) is 0.854. The van der Waals surface area contributed by atoms with E-state index in [9.17, 15) is 13.6 Å². The average Bonchev–Trinajstić information content (AvgIpc) is 2.96. The lowest BCUT2D eigenvalue weighted by Gasteiger charge is -2.15. The summed E-state index contributed by atoms with van der Waals surface area (Å²) in [5, 5.41) is 5.86. The van der Waals surface area contributed by atoms with Crippen molar-refractivity contribution in [3.8, 4) is 0 Å². The molecule has 6 heteroatoms. The summed E-state index contributed by atoms with van der Waals surface area (Å²) in [6.45, 7) is 2.69. The summed E-state index contributed by atoms with van der Waals surface area (Å²) in [6, 6.07) is 6.71. The highest BCUT2D eigenvalue weighted by Gasteiger charge is 2.29. The van der Waals surface area contributed by atoms with Crippen LogP contribution in [0.15, 0.2) is 30.3 Å². The van der Waals surface area contributed by atoms with E-state index in [0.717, 1.165) is 18.5 Å². The van der Waals surface area contributed by atoms with E-state index in [1.165, 1.54) is 30.3 Å². The highest BCUT2D eigenvalue weighted by atomic mass is 35.5. The summed E-state index contributed by atoms with van der Waals surface area (Å²) in [4.78, 5) is 12.6. The number of hydrogen-bond donors (Lipinski definition) is 2. The molecule has 0 saturated carbocycles. The van der Waals surface area contributed by atoms with Gasteiger partial charge in [0, 0.05) is 22.9 Å². The van der Waals surface area contributed by atoms with Gasteiger partial charge in [0.1, 0.15) is 11.6 Å². The fourth-order valence-corrected chi connectivity index (χ4v) is 3.33. The monoisotopic (exact) mass is 350 g/mol. The average molecular weight is 351 g/mol. The number of benzene rings is 2. The SMILES string of the molecule is CCN[C@H]1CCc2c(C(=O)Nc3ccc(F)c(Cl)c3)ccc(F)c21. The second-order valence-electron chi connectivity index (χ2n) is 5.72. The fourth-order valence-electron chi connectivity index (χ4n) is 3.15.